The number of rotatable bonds is 9. The van der Waals surface area contributed by atoms with E-state index in [-0.39, 0.29) is 18.4 Å². The lowest BCUT2D eigenvalue weighted by molar-refractivity contribution is -0.117. The Bertz CT molecular complexity index is 1270. The molecule has 1 aromatic heterocycles. The summed E-state index contributed by atoms with van der Waals surface area (Å²) in [6, 6.07) is 26.7. The molecule has 7 heteroatoms. The van der Waals surface area contributed by atoms with Crippen LogP contribution in [0.1, 0.15) is 15.9 Å². The summed E-state index contributed by atoms with van der Waals surface area (Å²) in [6.45, 7) is 2.51. The number of imidazole rings is 1. The molecule has 0 saturated carbocycles. The van der Waals surface area contributed by atoms with Gasteiger partial charge >= 0.3 is 0 Å². The molecule has 4 rings (SSSR count). The van der Waals surface area contributed by atoms with Crippen LogP contribution in [0, 0.1) is 6.92 Å². The van der Waals surface area contributed by atoms with Crippen LogP contribution in [0.25, 0.3) is 16.9 Å². The first kappa shape index (κ1) is 23.9. The highest BCUT2D eigenvalue weighted by atomic mass is 16.5. The molecule has 0 aliphatic heterocycles. The molecule has 4 aromatic rings. The molecule has 178 valence electrons. The van der Waals surface area contributed by atoms with Crippen LogP contribution in [0.4, 0.5) is 5.95 Å². The zero-order valence-electron chi connectivity index (χ0n) is 19.8. The molecule has 0 bridgehead atoms. The highest BCUT2D eigenvalue weighted by molar-refractivity contribution is 5.99. The molecule has 35 heavy (non-hydrogen) atoms. The largest absolute Gasteiger partial charge is 0.383 e. The maximum Gasteiger partial charge on any atom is 0.254 e. The van der Waals surface area contributed by atoms with Gasteiger partial charge in [0.2, 0.25) is 11.9 Å². The number of hydrogen-bond acceptors (Lipinski definition) is 4. The standard InChI is InChI=1S/C28H28N4O3/c1-21-13-15-24(16-14-21)32-19-25(22-9-5-3-6-10-22)29-28(32)30-26(33)20-31(17-18-35-2)27(34)23-11-7-4-8-12-23/h3-16,19H,17-18,20H2,1-2H3,(H,29,30,33). The van der Waals surface area contributed by atoms with Gasteiger partial charge < -0.3 is 9.64 Å². The van der Waals surface area contributed by atoms with Crippen molar-refractivity contribution in [3.8, 4) is 16.9 Å². The monoisotopic (exact) mass is 468 g/mol. The van der Waals surface area contributed by atoms with Gasteiger partial charge in [-0.1, -0.05) is 66.2 Å². The third-order valence-corrected chi connectivity index (χ3v) is 5.55. The van der Waals surface area contributed by atoms with Crippen molar-refractivity contribution >= 4 is 17.8 Å². The van der Waals surface area contributed by atoms with Crippen LogP contribution in [-0.2, 0) is 9.53 Å². The van der Waals surface area contributed by atoms with Crippen molar-refractivity contribution in [1.82, 2.24) is 14.5 Å². The van der Waals surface area contributed by atoms with E-state index in [9.17, 15) is 9.59 Å². The number of nitrogens with zero attached hydrogens (tertiary/aromatic N) is 3. The Kier molecular flexibility index (Phi) is 7.70. The van der Waals surface area contributed by atoms with Gasteiger partial charge in [-0.3, -0.25) is 19.5 Å². The van der Waals surface area contributed by atoms with Crippen LogP contribution < -0.4 is 5.32 Å². The fourth-order valence-electron chi connectivity index (χ4n) is 3.67. The molecule has 0 aliphatic rings. The van der Waals surface area contributed by atoms with Crippen molar-refractivity contribution in [2.24, 2.45) is 0 Å². The highest BCUT2D eigenvalue weighted by Crippen LogP contribution is 2.24. The van der Waals surface area contributed by atoms with Crippen molar-refractivity contribution in [3.63, 3.8) is 0 Å². The van der Waals surface area contributed by atoms with Gasteiger partial charge in [0, 0.05) is 36.7 Å². The summed E-state index contributed by atoms with van der Waals surface area (Å²) in [5.41, 5.74) is 4.20. The van der Waals surface area contributed by atoms with Gasteiger partial charge in [-0.05, 0) is 31.2 Å². The lowest BCUT2D eigenvalue weighted by atomic mass is 10.2. The number of hydrogen-bond donors (Lipinski definition) is 1. The summed E-state index contributed by atoms with van der Waals surface area (Å²) in [4.78, 5) is 32.3. The molecule has 0 radical (unpaired) electrons. The van der Waals surface area contributed by atoms with E-state index in [1.165, 1.54) is 4.90 Å². The van der Waals surface area contributed by atoms with Crippen LogP contribution in [0.15, 0.2) is 91.1 Å². The van der Waals surface area contributed by atoms with Crippen LogP contribution in [0.2, 0.25) is 0 Å². The zero-order chi connectivity index (χ0) is 24.6. The number of carbonyl (C=O) groups is 2. The first-order valence-electron chi connectivity index (χ1n) is 11.4. The van der Waals surface area contributed by atoms with E-state index in [1.807, 2.05) is 78.4 Å². The van der Waals surface area contributed by atoms with E-state index in [1.54, 1.807) is 31.4 Å². The summed E-state index contributed by atoms with van der Waals surface area (Å²) in [6.07, 6.45) is 1.90. The maximum atomic E-state index is 13.1. The summed E-state index contributed by atoms with van der Waals surface area (Å²) < 4.78 is 7.00. The lowest BCUT2D eigenvalue weighted by Crippen LogP contribution is -2.40. The molecule has 0 saturated heterocycles. The number of ether oxygens (including phenoxy) is 1. The number of nitrogens with one attached hydrogen (secondary N) is 1. The number of anilines is 1. The van der Waals surface area contributed by atoms with Crippen LogP contribution in [-0.4, -0.2) is 53.1 Å². The lowest BCUT2D eigenvalue weighted by Gasteiger charge is -2.22. The van der Waals surface area contributed by atoms with E-state index in [0.29, 0.717) is 24.7 Å². The van der Waals surface area contributed by atoms with Crippen LogP contribution >= 0.6 is 0 Å². The quantitative estimate of drug-likeness (QED) is 0.390. The van der Waals surface area contributed by atoms with Crippen molar-refractivity contribution in [2.45, 2.75) is 6.92 Å². The van der Waals surface area contributed by atoms with Crippen molar-refractivity contribution in [1.29, 1.82) is 0 Å². The van der Waals surface area contributed by atoms with E-state index in [2.05, 4.69) is 5.32 Å². The van der Waals surface area contributed by atoms with Crippen molar-refractivity contribution in [3.05, 3.63) is 102 Å². The van der Waals surface area contributed by atoms with E-state index in [0.717, 1.165) is 22.5 Å². The maximum absolute atomic E-state index is 13.1. The van der Waals surface area contributed by atoms with E-state index in [4.69, 9.17) is 9.72 Å². The zero-order valence-corrected chi connectivity index (χ0v) is 19.8. The van der Waals surface area contributed by atoms with Gasteiger partial charge in [0.1, 0.15) is 6.54 Å². The minimum atomic E-state index is -0.344. The minimum Gasteiger partial charge on any atom is -0.383 e. The Morgan fingerprint density at radius 2 is 1.60 bits per heavy atom. The summed E-state index contributed by atoms with van der Waals surface area (Å²) >= 11 is 0. The van der Waals surface area contributed by atoms with Gasteiger partial charge in [0.15, 0.2) is 0 Å². The summed E-state index contributed by atoms with van der Waals surface area (Å²) in [5.74, 6) is -0.190. The molecule has 0 spiro atoms. The molecule has 0 atom stereocenters. The fraction of sp³-hybridized carbons (Fsp3) is 0.179. The average Bonchev–Trinajstić information content (AvgIpc) is 3.31. The molecule has 0 unspecified atom stereocenters. The smallest absolute Gasteiger partial charge is 0.254 e. The molecule has 1 heterocycles. The first-order valence-corrected chi connectivity index (χ1v) is 11.4. The van der Waals surface area contributed by atoms with Crippen molar-refractivity contribution in [2.75, 3.05) is 32.1 Å². The van der Waals surface area contributed by atoms with Crippen LogP contribution in [0.5, 0.6) is 0 Å². The Hall–Kier alpha value is -4.23. The van der Waals surface area contributed by atoms with E-state index < -0.39 is 0 Å². The number of amides is 2. The molecule has 2 amide bonds. The second-order valence-corrected chi connectivity index (χ2v) is 8.16. The predicted molar refractivity (Wildman–Crippen MR) is 137 cm³/mol. The molecular formula is C28H28N4O3. The number of aryl methyl sites for hydroxylation is 1. The third-order valence-electron chi connectivity index (χ3n) is 5.55. The van der Waals surface area contributed by atoms with Crippen molar-refractivity contribution < 1.29 is 14.3 Å². The number of aromatic nitrogens is 2. The average molecular weight is 469 g/mol. The van der Waals surface area contributed by atoms with E-state index >= 15 is 0 Å². The third kappa shape index (κ3) is 6.02. The topological polar surface area (TPSA) is 76.5 Å². The number of carbonyl (C=O) groups excluding carboxylic acids is 2. The summed E-state index contributed by atoms with van der Waals surface area (Å²) in [5, 5.41) is 2.91. The molecule has 7 nitrogen and oxygen atoms in total. The Balaban J connectivity index is 1.59. The highest BCUT2D eigenvalue weighted by Gasteiger charge is 2.20. The van der Waals surface area contributed by atoms with Gasteiger partial charge in [0.25, 0.3) is 5.91 Å². The molecule has 0 aliphatic carbocycles. The minimum absolute atomic E-state index is 0.126. The second-order valence-electron chi connectivity index (χ2n) is 8.16. The Morgan fingerprint density at radius 1 is 0.943 bits per heavy atom. The fourth-order valence-corrected chi connectivity index (χ4v) is 3.67. The molecule has 3 aromatic carbocycles. The second kappa shape index (κ2) is 11.3. The van der Waals surface area contributed by atoms with Gasteiger partial charge in [0.05, 0.1) is 12.3 Å². The van der Waals surface area contributed by atoms with Gasteiger partial charge in [-0.25, -0.2) is 4.98 Å². The van der Waals surface area contributed by atoms with Gasteiger partial charge in [-0.15, -0.1) is 0 Å². The van der Waals surface area contributed by atoms with Crippen LogP contribution in [0.3, 0.4) is 0 Å². The normalized spacial score (nSPS) is 10.7. The molecule has 1 N–H and O–H groups in total. The number of methoxy groups -OCH3 is 1. The SMILES string of the molecule is COCCN(CC(=O)Nc1nc(-c2ccccc2)cn1-c1ccc(C)cc1)C(=O)c1ccccc1. The van der Waals surface area contributed by atoms with Gasteiger partial charge in [-0.2, -0.15) is 0 Å². The number of benzene rings is 3. The molecular weight excluding hydrogens is 440 g/mol. The predicted octanol–water partition coefficient (Wildman–Crippen LogP) is 4.58. The Labute approximate surface area is 205 Å². The summed E-state index contributed by atoms with van der Waals surface area (Å²) in [7, 11) is 1.56. The molecule has 0 fully saturated rings. The Morgan fingerprint density at radius 3 is 2.26 bits per heavy atom. The first-order chi connectivity index (χ1) is 17.0.